The Morgan fingerprint density at radius 3 is 2.75 bits per heavy atom. The van der Waals surface area contributed by atoms with Crippen LogP contribution in [0.5, 0.6) is 11.5 Å². The average Bonchev–Trinajstić information content (AvgIpc) is 2.96. The maximum absolute atomic E-state index is 12.2. The summed E-state index contributed by atoms with van der Waals surface area (Å²) in [5, 5.41) is 4.03. The van der Waals surface area contributed by atoms with E-state index < -0.39 is 18.5 Å². The maximum atomic E-state index is 12.2. The Labute approximate surface area is 165 Å². The van der Waals surface area contributed by atoms with Crippen LogP contribution in [0.25, 0.3) is 10.9 Å². The number of anilines is 1. The van der Waals surface area contributed by atoms with E-state index in [9.17, 15) is 9.59 Å². The third kappa shape index (κ3) is 4.04. The topological polar surface area (TPSA) is 89.7 Å². The molecule has 1 amide bonds. The van der Waals surface area contributed by atoms with E-state index in [2.05, 4.69) is 10.3 Å². The summed E-state index contributed by atoms with van der Waals surface area (Å²) < 4.78 is 16.2. The zero-order valence-corrected chi connectivity index (χ0v) is 15.5. The summed E-state index contributed by atoms with van der Waals surface area (Å²) in [4.78, 5) is 27.2. The standard InChI is InChI=1S/C20H17ClN2O5/c21-13-2-4-15-12(8-13)9-16(23-15)20(25)28-11-19(24)22-14-3-5-17-18(10-14)27-7-1-6-26-17/h2-5,8-10,23H,1,6-7,11H2,(H,22,24). The molecular formula is C20H17ClN2O5. The van der Waals surface area contributed by atoms with Gasteiger partial charge in [-0.1, -0.05) is 11.6 Å². The summed E-state index contributed by atoms with van der Waals surface area (Å²) in [6.07, 6.45) is 0.798. The van der Waals surface area contributed by atoms with Crippen LogP contribution in [0.15, 0.2) is 42.5 Å². The molecular weight excluding hydrogens is 384 g/mol. The molecule has 7 nitrogen and oxygen atoms in total. The van der Waals surface area contributed by atoms with Crippen molar-refractivity contribution in [1.82, 2.24) is 4.98 Å². The molecule has 2 aromatic carbocycles. The monoisotopic (exact) mass is 400 g/mol. The van der Waals surface area contributed by atoms with Crippen LogP contribution in [0.2, 0.25) is 5.02 Å². The Balaban J connectivity index is 1.36. The minimum atomic E-state index is -0.624. The van der Waals surface area contributed by atoms with E-state index in [1.165, 1.54) is 0 Å². The van der Waals surface area contributed by atoms with Gasteiger partial charge in [0.25, 0.3) is 5.91 Å². The molecule has 0 aliphatic carbocycles. The number of carbonyl (C=O) groups excluding carboxylic acids is 2. The lowest BCUT2D eigenvalue weighted by atomic mass is 10.2. The zero-order valence-electron chi connectivity index (χ0n) is 14.8. The van der Waals surface area contributed by atoms with Crippen molar-refractivity contribution in [1.29, 1.82) is 0 Å². The van der Waals surface area contributed by atoms with Gasteiger partial charge in [-0.25, -0.2) is 4.79 Å². The predicted molar refractivity (Wildman–Crippen MR) is 104 cm³/mol. The molecule has 1 aromatic heterocycles. The smallest absolute Gasteiger partial charge is 0.355 e. The van der Waals surface area contributed by atoms with Gasteiger partial charge >= 0.3 is 5.97 Å². The van der Waals surface area contributed by atoms with E-state index in [0.717, 1.165) is 17.3 Å². The molecule has 0 spiro atoms. The number of carbonyl (C=O) groups is 2. The minimum Gasteiger partial charge on any atom is -0.490 e. The fraction of sp³-hybridized carbons (Fsp3) is 0.200. The first-order valence-electron chi connectivity index (χ1n) is 8.73. The van der Waals surface area contributed by atoms with E-state index in [0.29, 0.717) is 35.4 Å². The lowest BCUT2D eigenvalue weighted by Crippen LogP contribution is -2.21. The van der Waals surface area contributed by atoms with E-state index in [-0.39, 0.29) is 5.69 Å². The van der Waals surface area contributed by atoms with Crippen molar-refractivity contribution in [3.05, 3.63) is 53.2 Å². The van der Waals surface area contributed by atoms with Crippen molar-refractivity contribution < 1.29 is 23.8 Å². The number of aromatic nitrogens is 1. The van der Waals surface area contributed by atoms with Gasteiger partial charge in [0.2, 0.25) is 0 Å². The maximum Gasteiger partial charge on any atom is 0.355 e. The molecule has 8 heteroatoms. The molecule has 28 heavy (non-hydrogen) atoms. The largest absolute Gasteiger partial charge is 0.490 e. The van der Waals surface area contributed by atoms with Gasteiger partial charge in [0, 0.05) is 34.1 Å². The van der Waals surface area contributed by atoms with Crippen LogP contribution in [0, 0.1) is 0 Å². The van der Waals surface area contributed by atoms with Crippen LogP contribution >= 0.6 is 11.6 Å². The Morgan fingerprint density at radius 2 is 1.89 bits per heavy atom. The first kappa shape index (κ1) is 18.2. The second-order valence-electron chi connectivity index (χ2n) is 6.25. The van der Waals surface area contributed by atoms with E-state index in [4.69, 9.17) is 25.8 Å². The van der Waals surface area contributed by atoms with Crippen LogP contribution < -0.4 is 14.8 Å². The van der Waals surface area contributed by atoms with Gasteiger partial charge in [0.15, 0.2) is 18.1 Å². The quantitative estimate of drug-likeness (QED) is 0.650. The van der Waals surface area contributed by atoms with Crippen molar-refractivity contribution >= 4 is 40.1 Å². The third-order valence-corrected chi connectivity index (χ3v) is 4.40. The summed E-state index contributed by atoms with van der Waals surface area (Å²) >= 11 is 5.94. The number of hydrogen-bond donors (Lipinski definition) is 2. The molecule has 144 valence electrons. The predicted octanol–water partition coefficient (Wildman–Crippen LogP) is 3.78. The molecule has 1 aliphatic rings. The van der Waals surface area contributed by atoms with Gasteiger partial charge in [-0.2, -0.15) is 0 Å². The van der Waals surface area contributed by atoms with Crippen LogP contribution in [0.1, 0.15) is 16.9 Å². The second kappa shape index (κ2) is 7.82. The molecule has 1 aliphatic heterocycles. The summed E-state index contributed by atoms with van der Waals surface area (Å²) in [6.45, 7) is 0.732. The summed E-state index contributed by atoms with van der Waals surface area (Å²) in [5.74, 6) is 0.132. The number of ether oxygens (including phenoxy) is 3. The number of fused-ring (bicyclic) bond motifs is 2. The van der Waals surface area contributed by atoms with Gasteiger partial charge < -0.3 is 24.5 Å². The SMILES string of the molecule is O=C(COC(=O)c1cc2cc(Cl)ccc2[nH]1)Nc1ccc2c(c1)OCCCO2. The Morgan fingerprint density at radius 1 is 1.07 bits per heavy atom. The number of benzene rings is 2. The van der Waals surface area contributed by atoms with Crippen molar-refractivity contribution in [3.8, 4) is 11.5 Å². The average molecular weight is 401 g/mol. The number of halogens is 1. The number of aromatic amines is 1. The van der Waals surface area contributed by atoms with E-state index in [1.54, 1.807) is 42.5 Å². The van der Waals surface area contributed by atoms with Gasteiger partial charge in [0.1, 0.15) is 5.69 Å². The van der Waals surface area contributed by atoms with Crippen LogP contribution in [-0.4, -0.2) is 36.7 Å². The van der Waals surface area contributed by atoms with Crippen molar-refractivity contribution in [2.45, 2.75) is 6.42 Å². The fourth-order valence-electron chi connectivity index (χ4n) is 2.86. The van der Waals surface area contributed by atoms with Crippen LogP contribution in [-0.2, 0) is 9.53 Å². The first-order valence-corrected chi connectivity index (χ1v) is 9.11. The molecule has 0 radical (unpaired) electrons. The molecule has 0 fully saturated rings. The fourth-order valence-corrected chi connectivity index (χ4v) is 3.04. The number of amides is 1. The number of rotatable bonds is 4. The summed E-state index contributed by atoms with van der Waals surface area (Å²) in [7, 11) is 0. The van der Waals surface area contributed by atoms with Gasteiger partial charge in [-0.15, -0.1) is 0 Å². The number of hydrogen-bond acceptors (Lipinski definition) is 5. The number of nitrogens with one attached hydrogen (secondary N) is 2. The number of esters is 1. The zero-order chi connectivity index (χ0) is 19.5. The molecule has 0 saturated heterocycles. The second-order valence-corrected chi connectivity index (χ2v) is 6.69. The van der Waals surface area contributed by atoms with Crippen molar-refractivity contribution in [2.24, 2.45) is 0 Å². The third-order valence-electron chi connectivity index (χ3n) is 4.17. The Hall–Kier alpha value is -3.19. The lowest BCUT2D eigenvalue weighted by molar-refractivity contribution is -0.119. The highest BCUT2D eigenvalue weighted by atomic mass is 35.5. The first-order chi connectivity index (χ1) is 13.6. The lowest BCUT2D eigenvalue weighted by Gasteiger charge is -2.10. The van der Waals surface area contributed by atoms with Crippen molar-refractivity contribution in [3.63, 3.8) is 0 Å². The van der Waals surface area contributed by atoms with Gasteiger partial charge in [0.05, 0.1) is 13.2 Å². The molecule has 0 saturated carbocycles. The molecule has 2 heterocycles. The molecule has 3 aromatic rings. The highest BCUT2D eigenvalue weighted by molar-refractivity contribution is 6.31. The molecule has 0 atom stereocenters. The molecule has 4 rings (SSSR count). The van der Waals surface area contributed by atoms with E-state index in [1.807, 2.05) is 0 Å². The van der Waals surface area contributed by atoms with Crippen LogP contribution in [0.4, 0.5) is 5.69 Å². The number of H-pyrrole nitrogens is 1. The molecule has 2 N–H and O–H groups in total. The molecule has 0 bridgehead atoms. The highest BCUT2D eigenvalue weighted by Gasteiger charge is 2.15. The normalized spacial score (nSPS) is 13.0. The Bertz CT molecular complexity index is 1050. The highest BCUT2D eigenvalue weighted by Crippen LogP contribution is 2.32. The minimum absolute atomic E-state index is 0.251. The van der Waals surface area contributed by atoms with Crippen LogP contribution in [0.3, 0.4) is 0 Å². The Kier molecular flexibility index (Phi) is 5.08. The van der Waals surface area contributed by atoms with E-state index >= 15 is 0 Å². The van der Waals surface area contributed by atoms with Crippen molar-refractivity contribution in [2.75, 3.05) is 25.1 Å². The summed E-state index contributed by atoms with van der Waals surface area (Å²) in [6, 6.07) is 12.0. The summed E-state index contributed by atoms with van der Waals surface area (Å²) in [5.41, 5.74) is 1.54. The van der Waals surface area contributed by atoms with Gasteiger partial charge in [-0.05, 0) is 36.4 Å². The van der Waals surface area contributed by atoms with Gasteiger partial charge in [-0.3, -0.25) is 4.79 Å². The molecule has 0 unspecified atom stereocenters.